The minimum atomic E-state index is 0.765. The molecular weight excluding hydrogens is 186 g/mol. The van der Waals surface area contributed by atoms with E-state index >= 15 is 0 Å². The molecule has 1 aromatic rings. The van der Waals surface area contributed by atoms with Crippen molar-refractivity contribution in [3.05, 3.63) is 23.4 Å². The summed E-state index contributed by atoms with van der Waals surface area (Å²) in [6.45, 7) is 3.11. The van der Waals surface area contributed by atoms with Crippen molar-refractivity contribution >= 4 is 5.82 Å². The topological polar surface area (TPSA) is 37.0 Å². The van der Waals surface area contributed by atoms with E-state index in [1.54, 1.807) is 0 Å². The van der Waals surface area contributed by atoms with Crippen LogP contribution in [-0.4, -0.2) is 18.1 Å². The summed E-state index contributed by atoms with van der Waals surface area (Å²) in [5.74, 6) is 0.974. The number of nitrogens with one attached hydrogen (secondary N) is 2. The van der Waals surface area contributed by atoms with Gasteiger partial charge in [0.1, 0.15) is 5.82 Å². The molecule has 3 heteroatoms. The van der Waals surface area contributed by atoms with Crippen molar-refractivity contribution in [1.29, 1.82) is 0 Å². The molecule has 0 radical (unpaired) electrons. The highest BCUT2D eigenvalue weighted by Crippen LogP contribution is 2.20. The van der Waals surface area contributed by atoms with Gasteiger partial charge >= 0.3 is 0 Å². The van der Waals surface area contributed by atoms with Crippen molar-refractivity contribution in [1.82, 2.24) is 10.3 Å². The summed E-state index contributed by atoms with van der Waals surface area (Å²) in [4.78, 5) is 4.47. The van der Waals surface area contributed by atoms with Gasteiger partial charge in [0.25, 0.3) is 0 Å². The molecule has 1 fully saturated rings. The van der Waals surface area contributed by atoms with Crippen LogP contribution >= 0.6 is 0 Å². The van der Waals surface area contributed by atoms with Gasteiger partial charge in [0.2, 0.25) is 0 Å². The number of rotatable bonds is 5. The normalized spacial score (nSPS) is 15.3. The van der Waals surface area contributed by atoms with Gasteiger partial charge in [-0.2, -0.15) is 0 Å². The molecule has 0 aromatic carbocycles. The van der Waals surface area contributed by atoms with Crippen LogP contribution in [0.1, 0.15) is 31.0 Å². The van der Waals surface area contributed by atoms with Crippen LogP contribution in [0.15, 0.2) is 12.1 Å². The molecule has 0 saturated heterocycles. The Labute approximate surface area is 91.3 Å². The van der Waals surface area contributed by atoms with E-state index in [1.165, 1.54) is 18.4 Å². The van der Waals surface area contributed by atoms with Gasteiger partial charge < -0.3 is 10.6 Å². The van der Waals surface area contributed by atoms with Gasteiger partial charge in [0.05, 0.1) is 0 Å². The highest BCUT2D eigenvalue weighted by Gasteiger charge is 2.19. The van der Waals surface area contributed by atoms with E-state index in [0.29, 0.717) is 0 Å². The first kappa shape index (κ1) is 10.4. The minimum Gasteiger partial charge on any atom is -0.373 e. The molecule has 1 heterocycles. The Balaban J connectivity index is 2.06. The average Bonchev–Trinajstić information content (AvgIpc) is 3.09. The van der Waals surface area contributed by atoms with Crippen molar-refractivity contribution in [3.8, 4) is 0 Å². The second kappa shape index (κ2) is 4.62. The molecular formula is C12H19N3. The number of hydrogen-bond donors (Lipinski definition) is 2. The van der Waals surface area contributed by atoms with Crippen LogP contribution in [0.3, 0.4) is 0 Å². The van der Waals surface area contributed by atoms with E-state index in [-0.39, 0.29) is 0 Å². The van der Waals surface area contributed by atoms with Gasteiger partial charge in [-0.05, 0) is 37.0 Å². The van der Waals surface area contributed by atoms with Crippen LogP contribution in [-0.2, 0) is 13.0 Å². The Morgan fingerprint density at radius 1 is 1.40 bits per heavy atom. The fourth-order valence-corrected chi connectivity index (χ4v) is 1.61. The molecule has 1 saturated carbocycles. The Kier molecular flexibility index (Phi) is 3.21. The molecule has 0 spiro atoms. The molecule has 1 aliphatic carbocycles. The van der Waals surface area contributed by atoms with Crippen molar-refractivity contribution < 1.29 is 0 Å². The molecule has 0 aliphatic heterocycles. The van der Waals surface area contributed by atoms with E-state index in [4.69, 9.17) is 0 Å². The highest BCUT2D eigenvalue weighted by atomic mass is 15.0. The lowest BCUT2D eigenvalue weighted by molar-refractivity contribution is 0.686. The van der Waals surface area contributed by atoms with Crippen molar-refractivity contribution in [2.45, 2.75) is 38.8 Å². The summed E-state index contributed by atoms with van der Waals surface area (Å²) in [6.07, 6.45) is 3.67. The molecule has 1 aliphatic rings. The SMILES string of the molecule is CCc1cc(CNC2CC2)cc(NC)n1. The lowest BCUT2D eigenvalue weighted by Gasteiger charge is -2.08. The minimum absolute atomic E-state index is 0.765. The Morgan fingerprint density at radius 3 is 2.80 bits per heavy atom. The molecule has 0 unspecified atom stereocenters. The van der Waals surface area contributed by atoms with E-state index in [0.717, 1.165) is 30.5 Å². The van der Waals surface area contributed by atoms with Crippen LogP contribution in [0, 0.1) is 0 Å². The standard InChI is InChI=1S/C12H19N3/c1-3-10-6-9(7-12(13-2)15-10)8-14-11-4-5-11/h6-7,11,14H,3-5,8H2,1-2H3,(H,13,15). The monoisotopic (exact) mass is 205 g/mol. The fraction of sp³-hybridized carbons (Fsp3) is 0.583. The number of nitrogens with zero attached hydrogens (tertiary/aromatic N) is 1. The number of aromatic nitrogens is 1. The summed E-state index contributed by atoms with van der Waals surface area (Å²) in [7, 11) is 1.92. The predicted molar refractivity (Wildman–Crippen MR) is 63.0 cm³/mol. The van der Waals surface area contributed by atoms with Gasteiger partial charge in [0.15, 0.2) is 0 Å². The number of aryl methyl sites for hydroxylation is 1. The lowest BCUT2D eigenvalue weighted by atomic mass is 10.2. The first-order valence-corrected chi connectivity index (χ1v) is 5.72. The highest BCUT2D eigenvalue weighted by molar-refractivity contribution is 5.39. The quantitative estimate of drug-likeness (QED) is 0.771. The molecule has 0 bridgehead atoms. The second-order valence-electron chi connectivity index (χ2n) is 4.11. The Bertz CT molecular complexity index is 309. The average molecular weight is 205 g/mol. The van der Waals surface area contributed by atoms with Crippen molar-refractivity contribution in [3.63, 3.8) is 0 Å². The van der Waals surface area contributed by atoms with Crippen LogP contribution in [0.5, 0.6) is 0 Å². The largest absolute Gasteiger partial charge is 0.373 e. The molecule has 3 nitrogen and oxygen atoms in total. The molecule has 0 atom stereocenters. The maximum Gasteiger partial charge on any atom is 0.126 e. The molecule has 15 heavy (non-hydrogen) atoms. The summed E-state index contributed by atoms with van der Waals surface area (Å²) in [6, 6.07) is 5.08. The third kappa shape index (κ3) is 2.93. The Hall–Kier alpha value is -1.09. The van der Waals surface area contributed by atoms with Gasteiger partial charge in [-0.1, -0.05) is 6.92 Å². The first-order valence-electron chi connectivity index (χ1n) is 5.72. The van der Waals surface area contributed by atoms with Gasteiger partial charge in [0, 0.05) is 25.3 Å². The number of anilines is 1. The fourth-order valence-electron chi connectivity index (χ4n) is 1.61. The molecule has 0 amide bonds. The van der Waals surface area contributed by atoms with Gasteiger partial charge in [-0.25, -0.2) is 4.98 Å². The third-order valence-electron chi connectivity index (χ3n) is 2.73. The number of hydrogen-bond acceptors (Lipinski definition) is 3. The second-order valence-corrected chi connectivity index (χ2v) is 4.11. The maximum atomic E-state index is 4.47. The van der Waals surface area contributed by atoms with E-state index in [1.807, 2.05) is 7.05 Å². The molecule has 2 rings (SSSR count). The first-order chi connectivity index (χ1) is 7.31. The zero-order valence-corrected chi connectivity index (χ0v) is 9.51. The molecule has 2 N–H and O–H groups in total. The zero-order valence-electron chi connectivity index (χ0n) is 9.51. The van der Waals surface area contributed by atoms with E-state index < -0.39 is 0 Å². The van der Waals surface area contributed by atoms with E-state index in [9.17, 15) is 0 Å². The van der Waals surface area contributed by atoms with Crippen molar-refractivity contribution in [2.75, 3.05) is 12.4 Å². The molecule has 1 aromatic heterocycles. The van der Waals surface area contributed by atoms with Gasteiger partial charge in [-0.15, -0.1) is 0 Å². The van der Waals surface area contributed by atoms with Gasteiger partial charge in [-0.3, -0.25) is 0 Å². The van der Waals surface area contributed by atoms with E-state index in [2.05, 4.69) is 34.7 Å². The van der Waals surface area contributed by atoms with Crippen LogP contribution in [0.25, 0.3) is 0 Å². The third-order valence-corrected chi connectivity index (χ3v) is 2.73. The summed E-state index contributed by atoms with van der Waals surface area (Å²) in [5.41, 5.74) is 2.49. The summed E-state index contributed by atoms with van der Waals surface area (Å²) in [5, 5.41) is 6.63. The van der Waals surface area contributed by atoms with Crippen LogP contribution in [0.4, 0.5) is 5.82 Å². The van der Waals surface area contributed by atoms with Crippen LogP contribution in [0.2, 0.25) is 0 Å². The maximum absolute atomic E-state index is 4.47. The smallest absolute Gasteiger partial charge is 0.126 e. The van der Waals surface area contributed by atoms with Crippen LogP contribution < -0.4 is 10.6 Å². The Morgan fingerprint density at radius 2 is 2.20 bits per heavy atom. The molecule has 82 valence electrons. The summed E-state index contributed by atoms with van der Waals surface area (Å²) >= 11 is 0. The zero-order chi connectivity index (χ0) is 10.7. The predicted octanol–water partition coefficient (Wildman–Crippen LogP) is 1.94. The summed E-state index contributed by atoms with van der Waals surface area (Å²) < 4.78 is 0. The number of pyridine rings is 1. The lowest BCUT2D eigenvalue weighted by Crippen LogP contribution is -2.15. The van der Waals surface area contributed by atoms with Crippen molar-refractivity contribution in [2.24, 2.45) is 0 Å².